The zero-order valence-corrected chi connectivity index (χ0v) is 26.7. The summed E-state index contributed by atoms with van der Waals surface area (Å²) < 4.78 is 16.4. The Kier molecular flexibility index (Phi) is 28.4. The van der Waals surface area contributed by atoms with E-state index in [0.29, 0.717) is 85.0 Å². The van der Waals surface area contributed by atoms with Crippen LogP contribution in [0.25, 0.3) is 0 Å². The van der Waals surface area contributed by atoms with E-state index in [1.165, 1.54) is 0 Å². The molecule has 13 nitrogen and oxygen atoms in total. The van der Waals surface area contributed by atoms with Crippen LogP contribution in [0.4, 0.5) is 0 Å². The normalized spacial score (nSPS) is 11.6. The molecule has 0 aromatic rings. The molecule has 0 unspecified atom stereocenters. The first-order valence-corrected chi connectivity index (χ1v) is 16.2. The second kappa shape index (κ2) is 30.3. The van der Waals surface area contributed by atoms with Crippen LogP contribution in [-0.4, -0.2) is 99.1 Å². The summed E-state index contributed by atoms with van der Waals surface area (Å²) in [5, 5.41) is 25.8. The molecule has 13 heteroatoms. The topological polar surface area (TPSA) is 190 Å². The molecule has 0 aliphatic carbocycles. The largest absolute Gasteiger partial charge is 0.481 e. The average molecular weight is 632 g/mol. The van der Waals surface area contributed by atoms with Gasteiger partial charge >= 0.3 is 11.9 Å². The standard InChI is InChI=1S/C31H57N3O10/c1-26(31(40)41)12-8-9-17-32-28(36)15-16-29(37)34-19-11-21-43-23-25-44-24-22-42-20-10-18-33-27(35)13-6-4-2-3-5-7-14-30(38)39/h26H,2-25H2,1H3,(H,32,36)(H,33,35)(H,34,37)(H,38,39)(H,40,41)/t26-/m0/s1. The maximum atomic E-state index is 11.9. The predicted molar refractivity (Wildman–Crippen MR) is 165 cm³/mol. The molecular weight excluding hydrogens is 574 g/mol. The minimum absolute atomic E-state index is 0.0522. The summed E-state index contributed by atoms with van der Waals surface area (Å²) in [4.78, 5) is 56.7. The molecular formula is C31H57N3O10. The summed E-state index contributed by atoms with van der Waals surface area (Å²) in [6.45, 7) is 6.04. The highest BCUT2D eigenvalue weighted by atomic mass is 16.5. The molecule has 0 heterocycles. The van der Waals surface area contributed by atoms with E-state index in [4.69, 9.17) is 24.4 Å². The number of aliphatic carboxylic acids is 2. The first kappa shape index (κ1) is 41.2. The molecule has 0 aromatic carbocycles. The smallest absolute Gasteiger partial charge is 0.306 e. The molecule has 0 saturated heterocycles. The van der Waals surface area contributed by atoms with Crippen LogP contribution in [0.3, 0.4) is 0 Å². The SMILES string of the molecule is C[C@@H](CCCCNC(=O)CCC(=O)NCCCOCCOCCOCCCNC(=O)CCCCCCCCC(=O)O)C(=O)O. The highest BCUT2D eigenvalue weighted by Gasteiger charge is 2.10. The lowest BCUT2D eigenvalue weighted by molar-refractivity contribution is -0.141. The monoisotopic (exact) mass is 631 g/mol. The first-order chi connectivity index (χ1) is 21.2. The van der Waals surface area contributed by atoms with E-state index in [1.807, 2.05) is 0 Å². The Morgan fingerprint density at radius 1 is 0.500 bits per heavy atom. The Labute approximate surface area is 262 Å². The Morgan fingerprint density at radius 2 is 0.909 bits per heavy atom. The van der Waals surface area contributed by atoms with E-state index >= 15 is 0 Å². The lowest BCUT2D eigenvalue weighted by atomic mass is 10.0. The molecule has 44 heavy (non-hydrogen) atoms. The third-order valence-corrected chi connectivity index (χ3v) is 6.75. The zero-order chi connectivity index (χ0) is 32.7. The van der Waals surface area contributed by atoms with Crippen LogP contribution in [0.2, 0.25) is 0 Å². The minimum atomic E-state index is -0.810. The van der Waals surface area contributed by atoms with E-state index in [9.17, 15) is 24.0 Å². The van der Waals surface area contributed by atoms with Crippen molar-refractivity contribution in [2.24, 2.45) is 5.92 Å². The average Bonchev–Trinajstić information content (AvgIpc) is 2.98. The summed E-state index contributed by atoms with van der Waals surface area (Å²) >= 11 is 0. The van der Waals surface area contributed by atoms with Gasteiger partial charge in [-0.2, -0.15) is 0 Å². The number of rotatable bonds is 32. The molecule has 0 saturated carbocycles. The van der Waals surface area contributed by atoms with Gasteiger partial charge in [0, 0.05) is 58.5 Å². The Morgan fingerprint density at radius 3 is 1.39 bits per heavy atom. The number of carboxylic acids is 2. The Hall–Kier alpha value is -2.77. The quantitative estimate of drug-likeness (QED) is 0.0690. The van der Waals surface area contributed by atoms with E-state index < -0.39 is 11.9 Å². The number of carboxylic acid groups (broad SMARTS) is 2. The maximum Gasteiger partial charge on any atom is 0.306 e. The summed E-state index contributed by atoms with van der Waals surface area (Å²) in [7, 11) is 0. The highest BCUT2D eigenvalue weighted by Crippen LogP contribution is 2.09. The number of unbranched alkanes of at least 4 members (excludes halogenated alkanes) is 6. The van der Waals surface area contributed by atoms with E-state index in [0.717, 1.165) is 51.4 Å². The van der Waals surface area contributed by atoms with Crippen molar-refractivity contribution in [3.63, 3.8) is 0 Å². The number of carbonyl (C=O) groups excluding carboxylic acids is 3. The van der Waals surface area contributed by atoms with Gasteiger partial charge in [-0.3, -0.25) is 24.0 Å². The van der Waals surface area contributed by atoms with Gasteiger partial charge in [-0.05, 0) is 38.5 Å². The second-order valence-electron chi connectivity index (χ2n) is 10.8. The molecule has 256 valence electrons. The van der Waals surface area contributed by atoms with Crippen LogP contribution in [0.1, 0.15) is 103 Å². The van der Waals surface area contributed by atoms with Crippen LogP contribution >= 0.6 is 0 Å². The van der Waals surface area contributed by atoms with Crippen LogP contribution in [-0.2, 0) is 38.2 Å². The number of carbonyl (C=O) groups is 5. The summed E-state index contributed by atoms with van der Waals surface area (Å²) in [5.41, 5.74) is 0. The molecule has 5 N–H and O–H groups in total. The van der Waals surface area contributed by atoms with Crippen molar-refractivity contribution in [2.45, 2.75) is 103 Å². The van der Waals surface area contributed by atoms with Gasteiger partial charge in [0.25, 0.3) is 0 Å². The molecule has 0 rings (SSSR count). The summed E-state index contributed by atoms with van der Waals surface area (Å²) in [6.07, 6.45) is 9.91. The fourth-order valence-corrected chi connectivity index (χ4v) is 4.03. The molecule has 0 fully saturated rings. The molecule has 0 bridgehead atoms. The molecule has 3 amide bonds. The molecule has 0 radical (unpaired) electrons. The number of nitrogens with one attached hydrogen (secondary N) is 3. The fourth-order valence-electron chi connectivity index (χ4n) is 4.03. The maximum absolute atomic E-state index is 11.9. The highest BCUT2D eigenvalue weighted by molar-refractivity contribution is 5.83. The fraction of sp³-hybridized carbons (Fsp3) is 0.839. The van der Waals surface area contributed by atoms with Crippen LogP contribution < -0.4 is 16.0 Å². The van der Waals surface area contributed by atoms with E-state index in [2.05, 4.69) is 16.0 Å². The lowest BCUT2D eigenvalue weighted by Crippen LogP contribution is -2.29. The van der Waals surface area contributed by atoms with Gasteiger partial charge < -0.3 is 40.4 Å². The van der Waals surface area contributed by atoms with Gasteiger partial charge in [0.2, 0.25) is 17.7 Å². The minimum Gasteiger partial charge on any atom is -0.481 e. The molecule has 0 spiro atoms. The lowest BCUT2D eigenvalue weighted by Gasteiger charge is -2.09. The van der Waals surface area contributed by atoms with Gasteiger partial charge in [-0.25, -0.2) is 0 Å². The van der Waals surface area contributed by atoms with Crippen molar-refractivity contribution in [2.75, 3.05) is 59.3 Å². The number of hydrogen-bond donors (Lipinski definition) is 5. The second-order valence-corrected chi connectivity index (χ2v) is 10.8. The molecule has 0 aromatic heterocycles. The summed E-state index contributed by atoms with van der Waals surface area (Å²) in [5.74, 6) is -2.26. The van der Waals surface area contributed by atoms with Crippen molar-refractivity contribution < 1.29 is 48.4 Å². The molecule has 1 atom stereocenters. The zero-order valence-electron chi connectivity index (χ0n) is 26.7. The predicted octanol–water partition coefficient (Wildman–Crippen LogP) is 3.04. The van der Waals surface area contributed by atoms with Crippen molar-refractivity contribution >= 4 is 29.7 Å². The van der Waals surface area contributed by atoms with Crippen LogP contribution in [0, 0.1) is 5.92 Å². The van der Waals surface area contributed by atoms with Crippen LogP contribution in [0.5, 0.6) is 0 Å². The molecule has 0 aliphatic rings. The Bertz CT molecular complexity index is 782. The molecule has 0 aliphatic heterocycles. The Balaban J connectivity index is 3.34. The van der Waals surface area contributed by atoms with Crippen molar-refractivity contribution in [1.29, 1.82) is 0 Å². The summed E-state index contributed by atoms with van der Waals surface area (Å²) in [6, 6.07) is 0. The number of amides is 3. The van der Waals surface area contributed by atoms with E-state index in [-0.39, 0.29) is 42.9 Å². The van der Waals surface area contributed by atoms with Crippen molar-refractivity contribution in [3.05, 3.63) is 0 Å². The van der Waals surface area contributed by atoms with Crippen molar-refractivity contribution in [1.82, 2.24) is 16.0 Å². The van der Waals surface area contributed by atoms with Gasteiger partial charge in [-0.15, -0.1) is 0 Å². The van der Waals surface area contributed by atoms with Gasteiger partial charge in [0.1, 0.15) is 0 Å². The third kappa shape index (κ3) is 30.7. The number of ether oxygens (including phenoxy) is 3. The number of hydrogen-bond acceptors (Lipinski definition) is 8. The van der Waals surface area contributed by atoms with Gasteiger partial charge in [0.05, 0.1) is 32.3 Å². The first-order valence-electron chi connectivity index (χ1n) is 16.2. The third-order valence-electron chi connectivity index (χ3n) is 6.75. The van der Waals surface area contributed by atoms with Crippen LogP contribution in [0.15, 0.2) is 0 Å². The van der Waals surface area contributed by atoms with Gasteiger partial charge in [0.15, 0.2) is 0 Å². The van der Waals surface area contributed by atoms with E-state index in [1.54, 1.807) is 6.92 Å². The van der Waals surface area contributed by atoms with Gasteiger partial charge in [-0.1, -0.05) is 39.0 Å². The van der Waals surface area contributed by atoms with Crippen molar-refractivity contribution in [3.8, 4) is 0 Å².